The molecular formula is C18H28N2S. The molecular weight excluding hydrogens is 276 g/mol. The molecule has 1 saturated heterocycles. The Morgan fingerprint density at radius 3 is 2.86 bits per heavy atom. The van der Waals surface area contributed by atoms with Gasteiger partial charge in [0.1, 0.15) is 0 Å². The number of fused-ring (bicyclic) bond motifs is 1. The molecule has 116 valence electrons. The number of likely N-dealkylation sites (tertiary alicyclic amines) is 1. The second-order valence-electron chi connectivity index (χ2n) is 6.75. The van der Waals surface area contributed by atoms with Crippen LogP contribution in [0.1, 0.15) is 48.4 Å². The number of piperidine rings is 1. The summed E-state index contributed by atoms with van der Waals surface area (Å²) in [6, 6.07) is 3.16. The van der Waals surface area contributed by atoms with E-state index in [2.05, 4.69) is 36.2 Å². The molecule has 1 N–H and O–H groups in total. The smallest absolute Gasteiger partial charge is 0.0302 e. The van der Waals surface area contributed by atoms with Crippen LogP contribution in [-0.4, -0.2) is 30.6 Å². The van der Waals surface area contributed by atoms with Gasteiger partial charge in [-0.25, -0.2) is 0 Å². The van der Waals surface area contributed by atoms with Crippen LogP contribution in [-0.2, 0) is 19.4 Å². The van der Waals surface area contributed by atoms with E-state index in [-0.39, 0.29) is 0 Å². The Morgan fingerprint density at radius 2 is 2.14 bits per heavy atom. The predicted molar refractivity (Wildman–Crippen MR) is 92.1 cm³/mol. The number of aryl methyl sites for hydroxylation is 2. The first-order chi connectivity index (χ1) is 10.2. The van der Waals surface area contributed by atoms with Gasteiger partial charge in [-0.15, -0.1) is 11.3 Å². The zero-order valence-electron chi connectivity index (χ0n) is 13.5. The highest BCUT2D eigenvalue weighted by molar-refractivity contribution is 7.12. The summed E-state index contributed by atoms with van der Waals surface area (Å²) in [5.74, 6) is 0. The van der Waals surface area contributed by atoms with Crippen molar-refractivity contribution in [3.63, 3.8) is 0 Å². The summed E-state index contributed by atoms with van der Waals surface area (Å²) in [6.45, 7) is 9.06. The van der Waals surface area contributed by atoms with E-state index >= 15 is 0 Å². The number of rotatable bonds is 5. The quantitative estimate of drug-likeness (QED) is 0.833. The van der Waals surface area contributed by atoms with E-state index in [4.69, 9.17) is 0 Å². The second-order valence-corrected chi connectivity index (χ2v) is 7.97. The fraction of sp³-hybridized carbons (Fsp3) is 0.667. The molecule has 0 spiro atoms. The van der Waals surface area contributed by atoms with Gasteiger partial charge in [-0.3, -0.25) is 4.90 Å². The van der Waals surface area contributed by atoms with Crippen LogP contribution in [0.25, 0.3) is 0 Å². The van der Waals surface area contributed by atoms with Crippen LogP contribution in [0.2, 0.25) is 0 Å². The third kappa shape index (κ3) is 4.18. The summed E-state index contributed by atoms with van der Waals surface area (Å²) in [6.07, 6.45) is 8.95. The van der Waals surface area contributed by atoms with Gasteiger partial charge in [-0.05, 0) is 70.7 Å². The van der Waals surface area contributed by atoms with E-state index in [1.54, 1.807) is 15.3 Å². The van der Waals surface area contributed by atoms with Gasteiger partial charge >= 0.3 is 0 Å². The van der Waals surface area contributed by atoms with Gasteiger partial charge in [-0.2, -0.15) is 0 Å². The van der Waals surface area contributed by atoms with E-state index in [0.29, 0.717) is 6.04 Å². The molecule has 0 bridgehead atoms. The largest absolute Gasteiger partial charge is 0.309 e. The Bertz CT molecular complexity index is 470. The van der Waals surface area contributed by atoms with Crippen LogP contribution < -0.4 is 5.32 Å². The van der Waals surface area contributed by atoms with Crippen LogP contribution >= 0.6 is 11.3 Å². The summed E-state index contributed by atoms with van der Waals surface area (Å²) >= 11 is 2.04. The molecule has 1 aromatic heterocycles. The summed E-state index contributed by atoms with van der Waals surface area (Å²) in [5.41, 5.74) is 3.06. The van der Waals surface area contributed by atoms with Crippen LogP contribution in [0.15, 0.2) is 17.7 Å². The molecule has 0 radical (unpaired) electrons. The molecule has 2 nitrogen and oxygen atoms in total. The minimum Gasteiger partial charge on any atom is -0.309 e. The van der Waals surface area contributed by atoms with Crippen molar-refractivity contribution in [1.82, 2.24) is 10.2 Å². The lowest BCUT2D eigenvalue weighted by atomic mass is 10.0. The van der Waals surface area contributed by atoms with Crippen molar-refractivity contribution in [3.8, 4) is 0 Å². The lowest BCUT2D eigenvalue weighted by molar-refractivity contribution is 0.214. The zero-order valence-corrected chi connectivity index (χ0v) is 14.3. The third-order valence-electron chi connectivity index (χ3n) is 4.71. The zero-order chi connectivity index (χ0) is 14.7. The number of nitrogens with one attached hydrogen (secondary N) is 1. The van der Waals surface area contributed by atoms with E-state index in [0.717, 1.165) is 13.1 Å². The highest BCUT2D eigenvalue weighted by atomic mass is 32.1. The van der Waals surface area contributed by atoms with Gasteiger partial charge in [0.2, 0.25) is 0 Å². The number of allylic oxidation sites excluding steroid dienone is 1. The molecule has 3 heteroatoms. The second kappa shape index (κ2) is 7.08. The van der Waals surface area contributed by atoms with E-state index in [1.165, 1.54) is 50.8 Å². The summed E-state index contributed by atoms with van der Waals surface area (Å²) < 4.78 is 0. The maximum absolute atomic E-state index is 3.78. The predicted octanol–water partition coefficient (Wildman–Crippen LogP) is 3.76. The molecule has 0 saturated carbocycles. The molecule has 1 aliphatic heterocycles. The molecule has 1 aromatic rings. The van der Waals surface area contributed by atoms with Crippen molar-refractivity contribution in [2.75, 3.05) is 19.6 Å². The van der Waals surface area contributed by atoms with E-state index in [9.17, 15) is 0 Å². The average Bonchev–Trinajstić information content (AvgIpc) is 3.05. The third-order valence-corrected chi connectivity index (χ3v) is 5.94. The maximum atomic E-state index is 3.78. The van der Waals surface area contributed by atoms with Gasteiger partial charge in [-0.1, -0.05) is 11.6 Å². The molecule has 0 amide bonds. The number of hydrogen-bond acceptors (Lipinski definition) is 3. The van der Waals surface area contributed by atoms with Gasteiger partial charge < -0.3 is 5.32 Å². The van der Waals surface area contributed by atoms with Crippen molar-refractivity contribution >= 4 is 11.3 Å². The van der Waals surface area contributed by atoms with Crippen molar-refractivity contribution in [2.45, 2.75) is 58.5 Å². The van der Waals surface area contributed by atoms with Crippen LogP contribution in [0.4, 0.5) is 0 Å². The van der Waals surface area contributed by atoms with Gasteiger partial charge in [0.15, 0.2) is 0 Å². The first kappa shape index (κ1) is 15.3. The first-order valence-corrected chi connectivity index (χ1v) is 9.22. The Hall–Kier alpha value is -0.640. The van der Waals surface area contributed by atoms with E-state index < -0.39 is 0 Å². The number of nitrogens with zero attached hydrogens (tertiary/aromatic N) is 1. The molecule has 2 heterocycles. The summed E-state index contributed by atoms with van der Waals surface area (Å²) in [5, 5.41) is 3.78. The highest BCUT2D eigenvalue weighted by Gasteiger charge is 2.19. The standard InChI is InChI=1S/C18H28N2S/c1-14(2)6-9-20-10-7-16(8-11-20)19-13-17-12-15-4-3-5-18(15)21-17/h6,12,16,19H,3-5,7-11,13H2,1-2H3. The van der Waals surface area contributed by atoms with Crippen molar-refractivity contribution in [2.24, 2.45) is 0 Å². The van der Waals surface area contributed by atoms with Crippen LogP contribution in [0, 0.1) is 0 Å². The topological polar surface area (TPSA) is 15.3 Å². The number of hydrogen-bond donors (Lipinski definition) is 1. The maximum Gasteiger partial charge on any atom is 0.0302 e. The average molecular weight is 305 g/mol. The summed E-state index contributed by atoms with van der Waals surface area (Å²) in [7, 11) is 0. The van der Waals surface area contributed by atoms with Crippen molar-refractivity contribution < 1.29 is 0 Å². The highest BCUT2D eigenvalue weighted by Crippen LogP contribution is 2.30. The lowest BCUT2D eigenvalue weighted by Gasteiger charge is -2.31. The van der Waals surface area contributed by atoms with Gasteiger partial charge in [0.25, 0.3) is 0 Å². The fourth-order valence-corrected chi connectivity index (χ4v) is 4.57. The summed E-state index contributed by atoms with van der Waals surface area (Å²) in [4.78, 5) is 5.78. The first-order valence-electron chi connectivity index (χ1n) is 8.40. The van der Waals surface area contributed by atoms with Crippen LogP contribution in [0.3, 0.4) is 0 Å². The lowest BCUT2D eigenvalue weighted by Crippen LogP contribution is -2.42. The molecule has 0 aromatic carbocycles. The SMILES string of the molecule is CC(C)=CCN1CCC(NCc2cc3c(s2)CCC3)CC1. The fourth-order valence-electron chi connectivity index (χ4n) is 3.35. The minimum absolute atomic E-state index is 0.713. The molecule has 21 heavy (non-hydrogen) atoms. The van der Waals surface area contributed by atoms with Crippen LogP contribution in [0.5, 0.6) is 0 Å². The Kier molecular flexibility index (Phi) is 5.15. The molecule has 0 unspecified atom stereocenters. The van der Waals surface area contributed by atoms with Crippen molar-refractivity contribution in [1.29, 1.82) is 0 Å². The Labute approximate surface area is 133 Å². The number of thiophene rings is 1. The molecule has 1 aliphatic carbocycles. The normalized spacial score (nSPS) is 19.7. The van der Waals surface area contributed by atoms with Gasteiger partial charge in [0, 0.05) is 28.9 Å². The van der Waals surface area contributed by atoms with Gasteiger partial charge in [0.05, 0.1) is 0 Å². The molecule has 1 fully saturated rings. The van der Waals surface area contributed by atoms with E-state index in [1.807, 2.05) is 11.3 Å². The van der Waals surface area contributed by atoms with Crippen molar-refractivity contribution in [3.05, 3.63) is 33.0 Å². The molecule has 0 atom stereocenters. The Morgan fingerprint density at radius 1 is 1.33 bits per heavy atom. The monoisotopic (exact) mass is 304 g/mol. The Balaban J connectivity index is 1.40. The molecule has 2 aliphatic rings. The minimum atomic E-state index is 0.713. The molecule has 3 rings (SSSR count).